The Morgan fingerprint density at radius 2 is 1.76 bits per heavy atom. The normalized spacial score (nSPS) is 11.9. The summed E-state index contributed by atoms with van der Waals surface area (Å²) in [5, 5.41) is 19.1. The Balaban J connectivity index is 2.17. The van der Waals surface area contributed by atoms with Gasteiger partial charge in [-0.3, -0.25) is 14.9 Å². The first-order valence-corrected chi connectivity index (χ1v) is 9.49. The summed E-state index contributed by atoms with van der Waals surface area (Å²) in [4.78, 5) is 23.0. The lowest BCUT2D eigenvalue weighted by Gasteiger charge is -2.28. The number of anilines is 1. The van der Waals surface area contributed by atoms with E-state index in [1.54, 1.807) is 24.3 Å². The molecule has 0 bridgehead atoms. The van der Waals surface area contributed by atoms with Crippen molar-refractivity contribution in [3.05, 3.63) is 64.2 Å². The van der Waals surface area contributed by atoms with Gasteiger partial charge in [-0.05, 0) is 30.4 Å². The van der Waals surface area contributed by atoms with Gasteiger partial charge in [0.1, 0.15) is 17.5 Å². The third kappa shape index (κ3) is 6.33. The zero-order valence-corrected chi connectivity index (χ0v) is 17.9. The molecule has 0 aromatic heterocycles. The molecule has 1 amide bonds. The van der Waals surface area contributed by atoms with Gasteiger partial charge < -0.3 is 20.7 Å². The van der Waals surface area contributed by atoms with Gasteiger partial charge in [0.15, 0.2) is 5.11 Å². The second-order valence-corrected chi connectivity index (χ2v) is 8.30. The maximum atomic E-state index is 12.6. The van der Waals surface area contributed by atoms with Crippen LogP contribution in [0.2, 0.25) is 0 Å². The molecule has 2 rings (SSSR count). The zero-order valence-electron chi connectivity index (χ0n) is 14.8. The summed E-state index contributed by atoms with van der Waals surface area (Å²) < 4.78 is 3.19. The van der Waals surface area contributed by atoms with Gasteiger partial charge in [-0.25, -0.2) is 0 Å². The predicted molar refractivity (Wildman–Crippen MR) is 117 cm³/mol. The summed E-state index contributed by atoms with van der Waals surface area (Å²) in [5.41, 5.74) is -0.0365. The predicted octanol–water partition coefficient (Wildman–Crippen LogP) is 4.02. The number of para-hydroxylation sites is 3. The number of carbonyl (C=O) groups is 1. The molecule has 1 atom stereocenters. The minimum absolute atomic E-state index is 0.0219. The number of rotatable bonds is 6. The fourth-order valence-corrected chi connectivity index (χ4v) is 2.83. The molecule has 8 nitrogen and oxygen atoms in total. The van der Waals surface area contributed by atoms with E-state index in [1.807, 2.05) is 0 Å². The molecule has 0 saturated carbocycles. The summed E-state index contributed by atoms with van der Waals surface area (Å²) in [6, 6.07) is 12.4. The van der Waals surface area contributed by atoms with Crippen LogP contribution < -0.4 is 20.7 Å². The van der Waals surface area contributed by atoms with E-state index in [2.05, 4.69) is 16.0 Å². The fourth-order valence-electron chi connectivity index (χ4n) is 2.27. The van der Waals surface area contributed by atoms with E-state index in [9.17, 15) is 14.9 Å². The highest BCUT2D eigenvalue weighted by Gasteiger charge is 2.36. The molecule has 3 N–H and O–H groups in total. The van der Waals surface area contributed by atoms with Crippen LogP contribution in [-0.4, -0.2) is 33.0 Å². The molecule has 0 radical (unpaired) electrons. The molecule has 0 aliphatic heterocycles. The number of thiocarbonyl (C=S) groups is 1. The van der Waals surface area contributed by atoms with Crippen LogP contribution in [0.3, 0.4) is 0 Å². The fraction of sp³-hybridized carbons (Fsp3) is 0.176. The van der Waals surface area contributed by atoms with Gasteiger partial charge in [0, 0.05) is 6.07 Å². The van der Waals surface area contributed by atoms with Crippen molar-refractivity contribution in [2.45, 2.75) is 9.96 Å². The van der Waals surface area contributed by atoms with E-state index in [4.69, 9.17) is 51.8 Å². The maximum Gasteiger partial charge on any atom is 0.282 e. The smallest absolute Gasteiger partial charge is 0.282 e. The molecule has 29 heavy (non-hydrogen) atoms. The molecule has 154 valence electrons. The van der Waals surface area contributed by atoms with Crippen molar-refractivity contribution in [1.29, 1.82) is 0 Å². The number of methoxy groups -OCH3 is 1. The highest BCUT2D eigenvalue weighted by Crippen LogP contribution is 2.30. The van der Waals surface area contributed by atoms with E-state index in [-0.39, 0.29) is 16.4 Å². The molecule has 2 aromatic rings. The molecule has 0 aliphatic carbocycles. The van der Waals surface area contributed by atoms with Crippen LogP contribution in [0.25, 0.3) is 0 Å². The summed E-state index contributed by atoms with van der Waals surface area (Å²) >= 11 is 23.1. The number of hydrogen-bond acceptors (Lipinski definition) is 5. The number of carbonyl (C=O) groups excluding carboxylic acids is 1. The van der Waals surface area contributed by atoms with Crippen molar-refractivity contribution in [2.24, 2.45) is 0 Å². The van der Waals surface area contributed by atoms with Crippen LogP contribution in [-0.2, 0) is 0 Å². The van der Waals surface area contributed by atoms with Gasteiger partial charge >= 0.3 is 0 Å². The Labute approximate surface area is 186 Å². The van der Waals surface area contributed by atoms with E-state index in [0.29, 0.717) is 11.4 Å². The SMILES string of the molecule is COc1ccccc1NC(=S)NC(NC(=O)c1ccccc1[N+](=O)[O-])C(Cl)(Cl)Cl. The molecule has 0 aliphatic rings. The van der Waals surface area contributed by atoms with Crippen LogP contribution in [0.15, 0.2) is 48.5 Å². The van der Waals surface area contributed by atoms with Crippen LogP contribution in [0.1, 0.15) is 10.4 Å². The number of nitrogens with zero attached hydrogens (tertiary/aromatic N) is 1. The van der Waals surface area contributed by atoms with Crippen LogP contribution in [0.4, 0.5) is 11.4 Å². The van der Waals surface area contributed by atoms with E-state index in [0.717, 1.165) is 0 Å². The number of hydrogen-bond donors (Lipinski definition) is 3. The highest BCUT2D eigenvalue weighted by atomic mass is 35.6. The number of nitro benzene ring substituents is 1. The second kappa shape index (κ2) is 9.93. The Kier molecular flexibility index (Phi) is 7.86. The summed E-state index contributed by atoms with van der Waals surface area (Å²) in [5.74, 6) is -0.299. The number of nitrogens with one attached hydrogen (secondary N) is 3. The number of nitro groups is 1. The summed E-state index contributed by atoms with van der Waals surface area (Å²) in [6.45, 7) is 0. The van der Waals surface area contributed by atoms with Crippen molar-refractivity contribution in [3.63, 3.8) is 0 Å². The average molecular weight is 478 g/mol. The molecular weight excluding hydrogens is 463 g/mol. The highest BCUT2D eigenvalue weighted by molar-refractivity contribution is 7.80. The van der Waals surface area contributed by atoms with Crippen molar-refractivity contribution in [1.82, 2.24) is 10.6 Å². The van der Waals surface area contributed by atoms with Gasteiger partial charge in [-0.2, -0.15) is 0 Å². The lowest BCUT2D eigenvalue weighted by molar-refractivity contribution is -0.385. The molecule has 0 fully saturated rings. The lowest BCUT2D eigenvalue weighted by atomic mass is 10.1. The maximum absolute atomic E-state index is 12.6. The van der Waals surface area contributed by atoms with Crippen LogP contribution >= 0.6 is 47.0 Å². The van der Waals surface area contributed by atoms with Gasteiger partial charge in [0.2, 0.25) is 3.79 Å². The molecule has 12 heteroatoms. The van der Waals surface area contributed by atoms with Gasteiger partial charge in [-0.15, -0.1) is 0 Å². The minimum Gasteiger partial charge on any atom is -0.495 e. The number of alkyl halides is 3. The Morgan fingerprint density at radius 3 is 2.38 bits per heavy atom. The largest absolute Gasteiger partial charge is 0.495 e. The Bertz CT molecular complexity index is 924. The molecule has 0 spiro atoms. The van der Waals surface area contributed by atoms with Gasteiger partial charge in [0.25, 0.3) is 11.6 Å². The van der Waals surface area contributed by atoms with Crippen LogP contribution in [0, 0.1) is 10.1 Å². The molecule has 2 aromatic carbocycles. The topological polar surface area (TPSA) is 106 Å². The quantitative estimate of drug-likeness (QED) is 0.190. The first-order valence-electron chi connectivity index (χ1n) is 7.95. The molecule has 0 heterocycles. The first-order chi connectivity index (χ1) is 13.6. The average Bonchev–Trinajstić information content (AvgIpc) is 2.67. The van der Waals surface area contributed by atoms with Crippen LogP contribution in [0.5, 0.6) is 5.75 Å². The minimum atomic E-state index is -2.02. The van der Waals surface area contributed by atoms with Crippen molar-refractivity contribution in [2.75, 3.05) is 12.4 Å². The lowest BCUT2D eigenvalue weighted by Crippen LogP contribution is -2.56. The van der Waals surface area contributed by atoms with Crippen molar-refractivity contribution < 1.29 is 14.5 Å². The van der Waals surface area contributed by atoms with E-state index < -0.39 is 20.8 Å². The zero-order chi connectivity index (χ0) is 21.6. The standard InChI is InChI=1S/C17H15Cl3N4O4S/c1-28-13-9-5-3-7-11(13)21-16(29)23-15(17(18,19)20)22-14(25)10-6-2-4-8-12(10)24(26)27/h2-9,15H,1H3,(H,22,25)(H2,21,23,29). The third-order valence-corrected chi connectivity index (χ3v) is 4.45. The number of benzene rings is 2. The van der Waals surface area contributed by atoms with Crippen molar-refractivity contribution >= 4 is 69.4 Å². The monoisotopic (exact) mass is 476 g/mol. The number of amides is 1. The number of halogens is 3. The van der Waals surface area contributed by atoms with Gasteiger partial charge in [0.05, 0.1) is 17.7 Å². The summed E-state index contributed by atoms with van der Waals surface area (Å²) in [7, 11) is 1.49. The van der Waals surface area contributed by atoms with E-state index >= 15 is 0 Å². The first kappa shape index (κ1) is 23.0. The Morgan fingerprint density at radius 1 is 1.14 bits per heavy atom. The van der Waals surface area contributed by atoms with E-state index in [1.165, 1.54) is 31.4 Å². The third-order valence-electron chi connectivity index (χ3n) is 3.58. The van der Waals surface area contributed by atoms with Crippen molar-refractivity contribution in [3.8, 4) is 5.75 Å². The van der Waals surface area contributed by atoms with Gasteiger partial charge in [-0.1, -0.05) is 59.1 Å². The molecule has 0 saturated heterocycles. The second-order valence-electron chi connectivity index (χ2n) is 5.52. The summed E-state index contributed by atoms with van der Waals surface area (Å²) in [6.07, 6.45) is -1.30. The number of ether oxygens (including phenoxy) is 1. The molecular formula is C17H15Cl3N4O4S. The Hall–Kier alpha value is -2.33. The molecule has 1 unspecified atom stereocenters.